The van der Waals surface area contributed by atoms with E-state index in [9.17, 15) is 9.59 Å². The van der Waals surface area contributed by atoms with Gasteiger partial charge in [-0.3, -0.25) is 9.59 Å². The van der Waals surface area contributed by atoms with Crippen LogP contribution in [0.2, 0.25) is 0 Å². The van der Waals surface area contributed by atoms with Gasteiger partial charge in [-0.2, -0.15) is 5.10 Å². The molecule has 0 radical (unpaired) electrons. The molecule has 0 aliphatic heterocycles. The van der Waals surface area contributed by atoms with Crippen molar-refractivity contribution in [1.29, 1.82) is 0 Å². The molecule has 0 amide bonds. The molecule has 0 N–H and O–H groups in total. The van der Waals surface area contributed by atoms with Gasteiger partial charge in [0.25, 0.3) is 0 Å². The van der Waals surface area contributed by atoms with E-state index in [2.05, 4.69) is 17.7 Å². The van der Waals surface area contributed by atoms with Gasteiger partial charge in [-0.15, -0.1) is 12.6 Å². The van der Waals surface area contributed by atoms with Crippen LogP contribution in [0, 0.1) is 0 Å². The molecule has 1 aromatic heterocycles. The summed E-state index contributed by atoms with van der Waals surface area (Å²) < 4.78 is 1.29. The Bertz CT molecular complexity index is 560. The van der Waals surface area contributed by atoms with Crippen molar-refractivity contribution in [1.82, 2.24) is 9.78 Å². The van der Waals surface area contributed by atoms with Gasteiger partial charge in [0.15, 0.2) is 0 Å². The van der Waals surface area contributed by atoms with Crippen LogP contribution in [0.25, 0.3) is 10.9 Å². The first-order valence-corrected chi connectivity index (χ1v) is 4.76. The van der Waals surface area contributed by atoms with E-state index >= 15 is 0 Å². The van der Waals surface area contributed by atoms with Crippen molar-refractivity contribution in [3.63, 3.8) is 0 Å². The average Bonchev–Trinajstić information content (AvgIpc) is 2.59. The van der Waals surface area contributed by atoms with Crippen LogP contribution in [0.1, 0.15) is 22.1 Å². The van der Waals surface area contributed by atoms with Crippen molar-refractivity contribution in [3.8, 4) is 0 Å². The number of nitrogens with zero attached hydrogens (tertiary/aromatic N) is 2. The molecule has 0 saturated carbocycles. The Balaban J connectivity index is 2.66. The predicted molar refractivity (Wildman–Crippen MR) is 59.4 cm³/mol. The molecular formula is C10H8N2O2S. The molecule has 0 fully saturated rings. The number of hydrogen-bond acceptors (Lipinski definition) is 3. The molecule has 0 unspecified atom stereocenters. The predicted octanol–water partition coefficient (Wildman–Crippen LogP) is 1.77. The molecule has 76 valence electrons. The van der Waals surface area contributed by atoms with Crippen LogP contribution in [-0.2, 0) is 0 Å². The van der Waals surface area contributed by atoms with E-state index in [-0.39, 0.29) is 11.0 Å². The van der Waals surface area contributed by atoms with Gasteiger partial charge in [-0.25, -0.2) is 4.68 Å². The third-order valence-corrected chi connectivity index (χ3v) is 2.37. The summed E-state index contributed by atoms with van der Waals surface area (Å²) in [5, 5.41) is 4.38. The highest BCUT2D eigenvalue weighted by atomic mass is 32.1. The van der Waals surface area contributed by atoms with Crippen LogP contribution in [0.4, 0.5) is 0 Å². The lowest BCUT2D eigenvalue weighted by Crippen LogP contribution is -2.06. The average molecular weight is 220 g/mol. The molecule has 2 aromatic rings. The van der Waals surface area contributed by atoms with Gasteiger partial charge in [0.1, 0.15) is 0 Å². The second-order valence-corrected chi connectivity index (χ2v) is 3.56. The van der Waals surface area contributed by atoms with Crippen LogP contribution in [0.15, 0.2) is 24.4 Å². The van der Waals surface area contributed by atoms with Crippen LogP contribution in [-0.4, -0.2) is 20.8 Å². The lowest BCUT2D eigenvalue weighted by atomic mass is 10.2. The number of benzene rings is 1. The molecule has 2 rings (SSSR count). The molecule has 5 heteroatoms. The molecule has 0 saturated heterocycles. The highest BCUT2D eigenvalue weighted by Crippen LogP contribution is 2.16. The summed E-state index contributed by atoms with van der Waals surface area (Å²) in [5.41, 5.74) is 1.19. The Hall–Kier alpha value is -1.62. The molecule has 0 aliphatic rings. The smallest absolute Gasteiger partial charge is 0.244 e. The van der Waals surface area contributed by atoms with Gasteiger partial charge in [0, 0.05) is 17.9 Å². The zero-order valence-corrected chi connectivity index (χ0v) is 8.86. The van der Waals surface area contributed by atoms with E-state index < -0.39 is 0 Å². The SMILES string of the molecule is CC(=O)n1ncc2cc(C(=O)S)ccc21. The summed E-state index contributed by atoms with van der Waals surface area (Å²) in [6.45, 7) is 1.43. The number of fused-ring (bicyclic) bond motifs is 1. The fraction of sp³-hybridized carbons (Fsp3) is 0.100. The van der Waals surface area contributed by atoms with E-state index in [0.29, 0.717) is 11.1 Å². The van der Waals surface area contributed by atoms with Crippen molar-refractivity contribution >= 4 is 34.6 Å². The summed E-state index contributed by atoms with van der Waals surface area (Å²) in [6.07, 6.45) is 1.55. The van der Waals surface area contributed by atoms with E-state index in [1.165, 1.54) is 11.6 Å². The van der Waals surface area contributed by atoms with Crippen LogP contribution >= 0.6 is 12.6 Å². The third kappa shape index (κ3) is 1.66. The van der Waals surface area contributed by atoms with Gasteiger partial charge in [0.2, 0.25) is 11.0 Å². The zero-order valence-electron chi connectivity index (χ0n) is 7.97. The van der Waals surface area contributed by atoms with Crippen LogP contribution in [0.5, 0.6) is 0 Å². The first kappa shape index (κ1) is 9.92. The number of hydrogen-bond donors (Lipinski definition) is 1. The van der Waals surface area contributed by atoms with E-state index in [4.69, 9.17) is 0 Å². The number of carbonyl (C=O) groups excluding carboxylic acids is 2. The topological polar surface area (TPSA) is 52.0 Å². The Labute approximate surface area is 91.3 Å². The summed E-state index contributed by atoms with van der Waals surface area (Å²) in [4.78, 5) is 22.2. The lowest BCUT2D eigenvalue weighted by Gasteiger charge is -1.98. The first-order valence-electron chi connectivity index (χ1n) is 4.31. The quantitative estimate of drug-likeness (QED) is 0.745. The van der Waals surface area contributed by atoms with Gasteiger partial charge in [-0.05, 0) is 18.2 Å². The molecular weight excluding hydrogens is 212 g/mol. The molecule has 0 atom stereocenters. The van der Waals surface area contributed by atoms with Gasteiger partial charge >= 0.3 is 0 Å². The van der Waals surface area contributed by atoms with E-state index in [1.807, 2.05) is 0 Å². The number of rotatable bonds is 1. The molecule has 1 aromatic carbocycles. The second kappa shape index (κ2) is 3.51. The fourth-order valence-corrected chi connectivity index (χ4v) is 1.56. The van der Waals surface area contributed by atoms with Crippen molar-refractivity contribution < 1.29 is 9.59 Å². The van der Waals surface area contributed by atoms with Crippen LogP contribution < -0.4 is 0 Å². The normalized spacial score (nSPS) is 10.5. The van der Waals surface area contributed by atoms with Gasteiger partial charge in [0.05, 0.1) is 11.7 Å². The Morgan fingerprint density at radius 1 is 1.40 bits per heavy atom. The Morgan fingerprint density at radius 2 is 2.13 bits per heavy atom. The van der Waals surface area contributed by atoms with Crippen LogP contribution in [0.3, 0.4) is 0 Å². The molecule has 15 heavy (non-hydrogen) atoms. The fourth-order valence-electron chi connectivity index (χ4n) is 1.42. The van der Waals surface area contributed by atoms with Crippen molar-refractivity contribution in [3.05, 3.63) is 30.0 Å². The van der Waals surface area contributed by atoms with Crippen molar-refractivity contribution in [2.45, 2.75) is 6.92 Å². The lowest BCUT2D eigenvalue weighted by molar-refractivity contribution is 0.0926. The molecule has 1 heterocycles. The second-order valence-electron chi connectivity index (χ2n) is 3.15. The minimum atomic E-state index is -0.299. The maximum Gasteiger partial charge on any atom is 0.244 e. The highest BCUT2D eigenvalue weighted by Gasteiger charge is 2.08. The molecule has 0 spiro atoms. The van der Waals surface area contributed by atoms with Gasteiger partial charge < -0.3 is 0 Å². The number of thiol groups is 1. The largest absolute Gasteiger partial charge is 0.282 e. The minimum absolute atomic E-state index is 0.157. The number of carbonyl (C=O) groups is 2. The van der Waals surface area contributed by atoms with E-state index in [1.54, 1.807) is 24.4 Å². The first-order chi connectivity index (χ1) is 7.09. The third-order valence-electron chi connectivity index (χ3n) is 2.11. The summed E-state index contributed by atoms with van der Waals surface area (Å²) in [7, 11) is 0. The molecule has 4 nitrogen and oxygen atoms in total. The van der Waals surface area contributed by atoms with Crippen molar-refractivity contribution in [2.24, 2.45) is 0 Å². The standard InChI is InChI=1S/C10H8N2O2S/c1-6(13)12-9-3-2-7(10(14)15)4-8(9)5-11-12/h2-5H,1H3,(H,14,15). The monoisotopic (exact) mass is 220 g/mol. The summed E-state index contributed by atoms with van der Waals surface area (Å²) in [5.74, 6) is -0.157. The summed E-state index contributed by atoms with van der Waals surface area (Å²) in [6, 6.07) is 4.98. The zero-order chi connectivity index (χ0) is 11.0. The van der Waals surface area contributed by atoms with Crippen molar-refractivity contribution in [2.75, 3.05) is 0 Å². The number of aromatic nitrogens is 2. The Kier molecular flexibility index (Phi) is 2.32. The summed E-state index contributed by atoms with van der Waals surface area (Å²) >= 11 is 3.73. The Morgan fingerprint density at radius 3 is 2.73 bits per heavy atom. The minimum Gasteiger partial charge on any atom is -0.282 e. The van der Waals surface area contributed by atoms with Gasteiger partial charge in [-0.1, -0.05) is 0 Å². The molecule has 0 bridgehead atoms. The maximum absolute atomic E-state index is 11.2. The van der Waals surface area contributed by atoms with E-state index in [0.717, 1.165) is 5.39 Å². The maximum atomic E-state index is 11.2. The highest BCUT2D eigenvalue weighted by molar-refractivity contribution is 7.97. The molecule has 0 aliphatic carbocycles.